The largest absolute Gasteiger partial charge is 0.324 e. The maximum atomic E-state index is 12.3. The van der Waals surface area contributed by atoms with Gasteiger partial charge in [0.05, 0.1) is 0 Å². The minimum Gasteiger partial charge on any atom is -0.324 e. The normalized spacial score (nSPS) is 22.1. The molecular formula is C14H21N3O2S. The van der Waals surface area contributed by atoms with Gasteiger partial charge in [-0.25, -0.2) is 4.72 Å². The molecule has 0 atom stereocenters. The number of nitrogens with two attached hydrogens (primary N) is 1. The Morgan fingerprint density at radius 3 is 2.60 bits per heavy atom. The highest BCUT2D eigenvalue weighted by atomic mass is 32.2. The van der Waals surface area contributed by atoms with Crippen LogP contribution in [0.5, 0.6) is 0 Å². The molecule has 0 amide bonds. The number of nitrogens with zero attached hydrogens (tertiary/aromatic N) is 1. The van der Waals surface area contributed by atoms with E-state index in [-0.39, 0.29) is 5.54 Å². The molecule has 110 valence electrons. The molecular weight excluding hydrogens is 274 g/mol. The van der Waals surface area contributed by atoms with E-state index < -0.39 is 10.2 Å². The molecule has 0 aromatic heterocycles. The summed E-state index contributed by atoms with van der Waals surface area (Å²) >= 11 is 0. The third-order valence-corrected chi connectivity index (χ3v) is 5.89. The van der Waals surface area contributed by atoms with Gasteiger partial charge in [-0.15, -0.1) is 0 Å². The molecule has 0 spiro atoms. The van der Waals surface area contributed by atoms with Crippen molar-refractivity contribution in [2.24, 2.45) is 5.73 Å². The van der Waals surface area contributed by atoms with Gasteiger partial charge in [-0.05, 0) is 36.8 Å². The van der Waals surface area contributed by atoms with Gasteiger partial charge in [-0.1, -0.05) is 24.3 Å². The van der Waals surface area contributed by atoms with Crippen molar-refractivity contribution in [3.63, 3.8) is 0 Å². The van der Waals surface area contributed by atoms with Crippen LogP contribution in [0.25, 0.3) is 0 Å². The molecule has 6 heteroatoms. The lowest BCUT2D eigenvalue weighted by Gasteiger charge is -2.38. The van der Waals surface area contributed by atoms with E-state index in [0.717, 1.165) is 31.2 Å². The average Bonchev–Trinajstić information content (AvgIpc) is 2.42. The quantitative estimate of drug-likeness (QED) is 0.861. The van der Waals surface area contributed by atoms with E-state index in [1.165, 1.54) is 9.87 Å². The summed E-state index contributed by atoms with van der Waals surface area (Å²) < 4.78 is 28.9. The molecule has 1 saturated carbocycles. The predicted octanol–water partition coefficient (Wildman–Crippen LogP) is 0.760. The number of nitrogens with one attached hydrogen (secondary N) is 1. The Hall–Kier alpha value is -0.950. The van der Waals surface area contributed by atoms with Crippen LogP contribution in [0.1, 0.15) is 30.4 Å². The zero-order chi connectivity index (χ0) is 14.2. The van der Waals surface area contributed by atoms with Gasteiger partial charge >= 0.3 is 0 Å². The van der Waals surface area contributed by atoms with Crippen molar-refractivity contribution in [1.82, 2.24) is 9.03 Å². The summed E-state index contributed by atoms with van der Waals surface area (Å²) in [6.07, 6.45) is 3.66. The van der Waals surface area contributed by atoms with Gasteiger partial charge in [0.15, 0.2) is 0 Å². The molecule has 1 fully saturated rings. The van der Waals surface area contributed by atoms with Crippen LogP contribution < -0.4 is 10.5 Å². The maximum Gasteiger partial charge on any atom is 0.279 e. The molecule has 20 heavy (non-hydrogen) atoms. The number of hydrogen-bond acceptors (Lipinski definition) is 3. The van der Waals surface area contributed by atoms with Gasteiger partial charge < -0.3 is 5.73 Å². The smallest absolute Gasteiger partial charge is 0.279 e. The van der Waals surface area contributed by atoms with Crippen molar-refractivity contribution < 1.29 is 8.42 Å². The Labute approximate surface area is 120 Å². The lowest BCUT2D eigenvalue weighted by atomic mass is 9.78. The van der Waals surface area contributed by atoms with Crippen LogP contribution in [0.3, 0.4) is 0 Å². The summed E-state index contributed by atoms with van der Waals surface area (Å²) in [6, 6.07) is 8.00. The minimum atomic E-state index is -3.43. The van der Waals surface area contributed by atoms with Gasteiger partial charge in [0, 0.05) is 25.2 Å². The van der Waals surface area contributed by atoms with E-state index in [1.54, 1.807) is 0 Å². The highest BCUT2D eigenvalue weighted by Gasteiger charge is 2.35. The van der Waals surface area contributed by atoms with Gasteiger partial charge in [0.1, 0.15) is 0 Å². The summed E-state index contributed by atoms with van der Waals surface area (Å²) in [7, 11) is -3.43. The molecule has 1 aliphatic carbocycles. The number of hydrogen-bond donors (Lipinski definition) is 2. The summed E-state index contributed by atoms with van der Waals surface area (Å²) in [4.78, 5) is 0. The molecule has 0 bridgehead atoms. The summed E-state index contributed by atoms with van der Waals surface area (Å²) in [5.74, 6) is 0. The summed E-state index contributed by atoms with van der Waals surface area (Å²) in [5, 5.41) is 0. The molecule has 1 aromatic rings. The molecule has 1 heterocycles. The van der Waals surface area contributed by atoms with Crippen LogP contribution in [0.2, 0.25) is 0 Å². The fraction of sp³-hybridized carbons (Fsp3) is 0.571. The summed E-state index contributed by atoms with van der Waals surface area (Å²) in [5.41, 5.74) is 8.07. The minimum absolute atomic E-state index is 0.333. The Kier molecular flexibility index (Phi) is 3.58. The molecule has 1 aromatic carbocycles. The van der Waals surface area contributed by atoms with Crippen LogP contribution >= 0.6 is 0 Å². The van der Waals surface area contributed by atoms with E-state index >= 15 is 0 Å². The Balaban J connectivity index is 1.67. The fourth-order valence-electron chi connectivity index (χ4n) is 2.81. The van der Waals surface area contributed by atoms with Crippen LogP contribution in [0.15, 0.2) is 24.3 Å². The van der Waals surface area contributed by atoms with E-state index in [1.807, 2.05) is 18.2 Å². The molecule has 0 saturated heterocycles. The van der Waals surface area contributed by atoms with Crippen molar-refractivity contribution in [2.75, 3.05) is 13.1 Å². The summed E-state index contributed by atoms with van der Waals surface area (Å²) in [6.45, 7) is 1.32. The first kappa shape index (κ1) is 14.0. The second-order valence-corrected chi connectivity index (χ2v) is 7.65. The first-order chi connectivity index (χ1) is 9.49. The number of fused-ring (bicyclic) bond motifs is 1. The third-order valence-electron chi connectivity index (χ3n) is 4.39. The lowest BCUT2D eigenvalue weighted by Crippen LogP contribution is -2.56. The maximum absolute atomic E-state index is 12.3. The highest BCUT2D eigenvalue weighted by Crippen LogP contribution is 2.28. The molecule has 0 unspecified atom stereocenters. The Bertz CT molecular complexity index is 596. The standard InChI is InChI=1S/C14H21N3O2S/c15-14(7-3-8-14)11-16-20(18,19)17-9-6-12-4-1-2-5-13(12)10-17/h1-2,4-5,16H,3,6-11,15H2. The first-order valence-corrected chi connectivity index (χ1v) is 8.53. The van der Waals surface area contributed by atoms with Crippen molar-refractivity contribution >= 4 is 10.2 Å². The molecule has 1 aliphatic heterocycles. The predicted molar refractivity (Wildman–Crippen MR) is 78.2 cm³/mol. The van der Waals surface area contributed by atoms with E-state index in [0.29, 0.717) is 19.6 Å². The Morgan fingerprint density at radius 2 is 1.95 bits per heavy atom. The third kappa shape index (κ3) is 2.74. The highest BCUT2D eigenvalue weighted by molar-refractivity contribution is 7.87. The molecule has 0 radical (unpaired) electrons. The van der Waals surface area contributed by atoms with Crippen LogP contribution in [-0.4, -0.2) is 31.4 Å². The fourth-order valence-corrected chi connectivity index (χ4v) is 4.10. The topological polar surface area (TPSA) is 75.4 Å². The molecule has 5 nitrogen and oxygen atoms in total. The average molecular weight is 295 g/mol. The zero-order valence-corrected chi connectivity index (χ0v) is 12.3. The number of benzene rings is 1. The lowest BCUT2D eigenvalue weighted by molar-refractivity contribution is 0.248. The van der Waals surface area contributed by atoms with Gasteiger partial charge in [-0.3, -0.25) is 0 Å². The monoisotopic (exact) mass is 295 g/mol. The zero-order valence-electron chi connectivity index (χ0n) is 11.5. The van der Waals surface area contributed by atoms with Crippen LogP contribution in [-0.2, 0) is 23.2 Å². The Morgan fingerprint density at radius 1 is 1.25 bits per heavy atom. The van der Waals surface area contributed by atoms with Gasteiger partial charge in [0.25, 0.3) is 10.2 Å². The molecule has 2 aliphatic rings. The molecule has 3 N–H and O–H groups in total. The van der Waals surface area contributed by atoms with Crippen LogP contribution in [0, 0.1) is 0 Å². The van der Waals surface area contributed by atoms with Crippen molar-refractivity contribution in [1.29, 1.82) is 0 Å². The van der Waals surface area contributed by atoms with Gasteiger partial charge in [0.2, 0.25) is 0 Å². The van der Waals surface area contributed by atoms with Gasteiger partial charge in [-0.2, -0.15) is 12.7 Å². The second kappa shape index (κ2) is 5.11. The van der Waals surface area contributed by atoms with E-state index in [2.05, 4.69) is 10.8 Å². The molecule has 3 rings (SSSR count). The van der Waals surface area contributed by atoms with E-state index in [4.69, 9.17) is 5.73 Å². The first-order valence-electron chi connectivity index (χ1n) is 7.09. The number of rotatable bonds is 4. The van der Waals surface area contributed by atoms with Crippen molar-refractivity contribution in [3.8, 4) is 0 Å². The van der Waals surface area contributed by atoms with E-state index in [9.17, 15) is 8.42 Å². The van der Waals surface area contributed by atoms with Crippen molar-refractivity contribution in [2.45, 2.75) is 37.8 Å². The van der Waals surface area contributed by atoms with Crippen LogP contribution in [0.4, 0.5) is 0 Å². The van der Waals surface area contributed by atoms with Crippen molar-refractivity contribution in [3.05, 3.63) is 35.4 Å². The second-order valence-electron chi connectivity index (χ2n) is 5.89. The SMILES string of the molecule is NC1(CNS(=O)(=O)N2CCc3ccccc3C2)CCC1.